The van der Waals surface area contributed by atoms with Gasteiger partial charge in [0.15, 0.2) is 0 Å². The molecule has 0 nitrogen and oxygen atoms in total. The first-order chi connectivity index (χ1) is 16.4. The van der Waals surface area contributed by atoms with Gasteiger partial charge in [0, 0.05) is 0 Å². The summed E-state index contributed by atoms with van der Waals surface area (Å²) < 4.78 is 0. The molecule has 0 bridgehead atoms. The van der Waals surface area contributed by atoms with E-state index in [9.17, 15) is 0 Å². The number of hydrogen-bond acceptors (Lipinski definition) is 0. The van der Waals surface area contributed by atoms with Crippen LogP contribution in [0.1, 0.15) is 0 Å². The summed E-state index contributed by atoms with van der Waals surface area (Å²) in [6, 6.07) is 53.7. The van der Waals surface area contributed by atoms with E-state index in [-0.39, 0.29) is 0 Å². The maximum atomic E-state index is 2.37. The van der Waals surface area contributed by atoms with Gasteiger partial charge in [0.05, 0.1) is 0 Å². The molecule has 0 radical (unpaired) electrons. The molecule has 0 atom stereocenters. The quantitative estimate of drug-likeness (QED) is 0.281. The Morgan fingerprint density at radius 1 is 0.303 bits per heavy atom. The Bertz CT molecular complexity index is 1420. The van der Waals surface area contributed by atoms with Crippen molar-refractivity contribution in [2.45, 2.75) is 0 Å². The molecule has 158 valence electrons. The molecule has 0 aromatic heterocycles. The molecule has 0 saturated carbocycles. The van der Waals surface area contributed by atoms with E-state index in [1.165, 1.54) is 42.8 Å². The standard InChI is InChI=1S/C32H25P/c1-3-17-27(18-4-1)33(28-19-5-2-6-20-28,31-23-11-15-25-13-7-9-21-29(25)31)32-24-12-16-26-14-8-10-22-30(26)32/h1-24,33H. The van der Waals surface area contributed by atoms with Gasteiger partial charge in [-0.15, -0.1) is 0 Å². The van der Waals surface area contributed by atoms with Crippen molar-refractivity contribution in [1.29, 1.82) is 0 Å². The average Bonchev–Trinajstić information content (AvgIpc) is 2.91. The van der Waals surface area contributed by atoms with Crippen LogP contribution in [0.4, 0.5) is 0 Å². The van der Waals surface area contributed by atoms with Gasteiger partial charge in [-0.25, -0.2) is 0 Å². The first kappa shape index (κ1) is 19.9. The van der Waals surface area contributed by atoms with Crippen molar-refractivity contribution in [3.63, 3.8) is 0 Å². The van der Waals surface area contributed by atoms with E-state index < -0.39 is 7.26 Å². The summed E-state index contributed by atoms with van der Waals surface area (Å²) in [7, 11) is -2.63. The Morgan fingerprint density at radius 3 is 1.12 bits per heavy atom. The van der Waals surface area contributed by atoms with Crippen LogP contribution >= 0.6 is 7.26 Å². The minimum atomic E-state index is -2.63. The van der Waals surface area contributed by atoms with Crippen molar-refractivity contribution >= 4 is 50.0 Å². The molecule has 0 amide bonds. The Labute approximate surface area is 195 Å². The molecular weight excluding hydrogens is 415 g/mol. The van der Waals surface area contributed by atoms with E-state index in [1.54, 1.807) is 0 Å². The van der Waals surface area contributed by atoms with Crippen LogP contribution in [0, 0.1) is 0 Å². The number of rotatable bonds is 4. The predicted octanol–water partition coefficient (Wildman–Crippen LogP) is 6.34. The topological polar surface area (TPSA) is 0 Å². The van der Waals surface area contributed by atoms with Crippen LogP contribution in [0.2, 0.25) is 0 Å². The van der Waals surface area contributed by atoms with E-state index in [0.29, 0.717) is 0 Å². The second-order valence-corrected chi connectivity index (χ2v) is 12.3. The Morgan fingerprint density at radius 2 is 0.667 bits per heavy atom. The minimum absolute atomic E-state index is 1.29. The molecule has 0 heterocycles. The van der Waals surface area contributed by atoms with Gasteiger partial charge in [0.1, 0.15) is 0 Å². The molecule has 0 spiro atoms. The third kappa shape index (κ3) is 3.18. The summed E-state index contributed by atoms with van der Waals surface area (Å²) in [6.45, 7) is 0. The van der Waals surface area contributed by atoms with Crippen LogP contribution in [-0.2, 0) is 0 Å². The molecule has 0 aliphatic carbocycles. The molecular formula is C32H25P. The normalized spacial score (nSPS) is 12.1. The van der Waals surface area contributed by atoms with Crippen LogP contribution in [0.15, 0.2) is 146 Å². The van der Waals surface area contributed by atoms with Gasteiger partial charge in [0.2, 0.25) is 0 Å². The Hall–Kier alpha value is -3.73. The van der Waals surface area contributed by atoms with E-state index >= 15 is 0 Å². The van der Waals surface area contributed by atoms with Gasteiger partial charge in [-0.05, 0) is 0 Å². The maximum absolute atomic E-state index is 2.63. The van der Waals surface area contributed by atoms with Crippen molar-refractivity contribution in [2.24, 2.45) is 0 Å². The third-order valence-corrected chi connectivity index (χ3v) is 11.7. The summed E-state index contributed by atoms with van der Waals surface area (Å²) >= 11 is 0. The molecule has 0 unspecified atom stereocenters. The summed E-state index contributed by atoms with van der Waals surface area (Å²) in [6.07, 6.45) is 0. The summed E-state index contributed by atoms with van der Waals surface area (Å²) in [5, 5.41) is 11.0. The van der Waals surface area contributed by atoms with Gasteiger partial charge < -0.3 is 0 Å². The average molecular weight is 441 g/mol. The van der Waals surface area contributed by atoms with E-state index in [0.717, 1.165) is 0 Å². The molecule has 6 rings (SSSR count). The third-order valence-electron chi connectivity index (χ3n) is 6.80. The van der Waals surface area contributed by atoms with Gasteiger partial charge in [-0.1, -0.05) is 0 Å². The van der Waals surface area contributed by atoms with E-state index in [1.807, 2.05) is 0 Å². The molecule has 1 heteroatoms. The molecule has 6 aromatic carbocycles. The van der Waals surface area contributed by atoms with Crippen molar-refractivity contribution in [2.75, 3.05) is 0 Å². The van der Waals surface area contributed by atoms with Crippen molar-refractivity contribution in [3.05, 3.63) is 146 Å². The number of hydrogen-bond donors (Lipinski definition) is 0. The second kappa shape index (κ2) is 8.32. The fourth-order valence-electron chi connectivity index (χ4n) is 5.41. The van der Waals surface area contributed by atoms with Crippen LogP contribution in [0.25, 0.3) is 21.5 Å². The van der Waals surface area contributed by atoms with E-state index in [2.05, 4.69) is 146 Å². The Kier molecular flexibility index (Phi) is 5.02. The van der Waals surface area contributed by atoms with E-state index in [4.69, 9.17) is 0 Å². The summed E-state index contributed by atoms with van der Waals surface area (Å²) in [4.78, 5) is 0. The Balaban J connectivity index is 1.87. The predicted molar refractivity (Wildman–Crippen MR) is 148 cm³/mol. The molecule has 33 heavy (non-hydrogen) atoms. The molecule has 0 N–H and O–H groups in total. The van der Waals surface area contributed by atoms with Crippen molar-refractivity contribution in [1.82, 2.24) is 0 Å². The van der Waals surface area contributed by atoms with Gasteiger partial charge in [-0.3, -0.25) is 0 Å². The molecule has 0 aliphatic rings. The zero-order chi connectivity index (χ0) is 22.1. The SMILES string of the molecule is c1ccc([PH](c2ccccc2)(c2cccc3ccccc23)c2cccc3ccccc23)cc1. The zero-order valence-corrected chi connectivity index (χ0v) is 19.4. The second-order valence-electron chi connectivity index (χ2n) is 8.54. The summed E-state index contributed by atoms with van der Waals surface area (Å²) in [5.41, 5.74) is 0. The molecule has 6 aromatic rings. The molecule has 0 aliphatic heterocycles. The molecule has 0 saturated heterocycles. The molecule has 0 fully saturated rings. The monoisotopic (exact) mass is 440 g/mol. The first-order valence-corrected chi connectivity index (χ1v) is 13.5. The number of benzene rings is 6. The van der Waals surface area contributed by atoms with Crippen molar-refractivity contribution < 1.29 is 0 Å². The van der Waals surface area contributed by atoms with Crippen LogP contribution < -0.4 is 21.2 Å². The first-order valence-electron chi connectivity index (χ1n) is 11.5. The van der Waals surface area contributed by atoms with Crippen LogP contribution in [-0.4, -0.2) is 0 Å². The van der Waals surface area contributed by atoms with Gasteiger partial charge in [-0.2, -0.15) is 0 Å². The number of fused-ring (bicyclic) bond motifs is 2. The van der Waals surface area contributed by atoms with Crippen LogP contribution in [0.5, 0.6) is 0 Å². The van der Waals surface area contributed by atoms with Crippen molar-refractivity contribution in [3.8, 4) is 0 Å². The fraction of sp³-hybridized carbons (Fsp3) is 0. The zero-order valence-electron chi connectivity index (χ0n) is 18.4. The van der Waals surface area contributed by atoms with Crippen LogP contribution in [0.3, 0.4) is 0 Å². The fourth-order valence-corrected chi connectivity index (χ4v) is 10.6. The van der Waals surface area contributed by atoms with Gasteiger partial charge >= 0.3 is 196 Å². The summed E-state index contributed by atoms with van der Waals surface area (Å²) in [5.74, 6) is 0. The van der Waals surface area contributed by atoms with Gasteiger partial charge in [0.25, 0.3) is 0 Å².